The van der Waals surface area contributed by atoms with Gasteiger partial charge >= 0.3 is 0 Å². The van der Waals surface area contributed by atoms with Gasteiger partial charge in [0, 0.05) is 12.0 Å². The number of nitrogens with one attached hydrogen (secondary N) is 1. The van der Waals surface area contributed by atoms with Crippen LogP contribution in [0.4, 0.5) is 0 Å². The molecule has 0 aromatic heterocycles. The predicted octanol–water partition coefficient (Wildman–Crippen LogP) is 1.95. The van der Waals surface area contributed by atoms with E-state index in [-0.39, 0.29) is 17.9 Å². The van der Waals surface area contributed by atoms with Gasteiger partial charge in [-0.05, 0) is 32.6 Å². The zero-order chi connectivity index (χ0) is 9.14. The minimum Gasteiger partial charge on any atom is -0.354 e. The largest absolute Gasteiger partial charge is 0.354 e. The van der Waals surface area contributed by atoms with Crippen LogP contribution in [-0.4, -0.2) is 11.9 Å². The van der Waals surface area contributed by atoms with Crippen molar-refractivity contribution >= 4 is 5.91 Å². The van der Waals surface area contributed by atoms with Gasteiger partial charge in [0.2, 0.25) is 5.91 Å². The summed E-state index contributed by atoms with van der Waals surface area (Å²) in [5.41, 5.74) is 0. The highest BCUT2D eigenvalue weighted by Gasteiger charge is 2.29. The van der Waals surface area contributed by atoms with E-state index >= 15 is 0 Å². The Hall–Kier alpha value is -0.530. The van der Waals surface area contributed by atoms with Crippen molar-refractivity contribution in [3.8, 4) is 0 Å². The quantitative estimate of drug-likeness (QED) is 0.672. The van der Waals surface area contributed by atoms with Crippen molar-refractivity contribution in [2.75, 3.05) is 0 Å². The Morgan fingerprint density at radius 1 is 1.42 bits per heavy atom. The van der Waals surface area contributed by atoms with Gasteiger partial charge in [0.25, 0.3) is 0 Å². The van der Waals surface area contributed by atoms with Crippen LogP contribution < -0.4 is 5.32 Å². The number of hydrogen-bond donors (Lipinski definition) is 1. The first-order chi connectivity index (χ1) is 5.61. The molecule has 0 aromatic rings. The Bertz CT molecular complexity index is 165. The van der Waals surface area contributed by atoms with Crippen molar-refractivity contribution in [1.82, 2.24) is 5.32 Å². The number of amides is 1. The van der Waals surface area contributed by atoms with Crippen LogP contribution in [0.1, 0.15) is 40.0 Å². The Kier molecular flexibility index (Phi) is 3.12. The highest BCUT2D eigenvalue weighted by atomic mass is 16.1. The van der Waals surface area contributed by atoms with Crippen molar-refractivity contribution < 1.29 is 4.79 Å². The summed E-state index contributed by atoms with van der Waals surface area (Å²) in [5.74, 6) is 1.13. The molecule has 0 spiro atoms. The molecule has 1 unspecified atom stereocenters. The molecule has 2 atom stereocenters. The minimum absolute atomic E-state index is 0.259. The van der Waals surface area contributed by atoms with E-state index in [1.807, 2.05) is 13.8 Å². The molecule has 1 amide bonds. The van der Waals surface area contributed by atoms with Crippen molar-refractivity contribution in [1.29, 1.82) is 0 Å². The fraction of sp³-hybridized carbons (Fsp3) is 0.900. The smallest absolute Gasteiger partial charge is 0.223 e. The normalized spacial score (nSPS) is 29.3. The first-order valence-corrected chi connectivity index (χ1v) is 4.91. The number of rotatable bonds is 2. The van der Waals surface area contributed by atoms with Gasteiger partial charge in [-0.15, -0.1) is 0 Å². The second-order valence-electron chi connectivity index (χ2n) is 4.18. The minimum atomic E-state index is 0.259. The average molecular weight is 169 g/mol. The Morgan fingerprint density at radius 2 is 2.08 bits per heavy atom. The summed E-state index contributed by atoms with van der Waals surface area (Å²) >= 11 is 0. The van der Waals surface area contributed by atoms with Crippen LogP contribution in [0.2, 0.25) is 0 Å². The van der Waals surface area contributed by atoms with E-state index in [0.29, 0.717) is 5.92 Å². The van der Waals surface area contributed by atoms with Gasteiger partial charge in [-0.2, -0.15) is 0 Å². The van der Waals surface area contributed by atoms with Gasteiger partial charge in [-0.1, -0.05) is 13.3 Å². The maximum atomic E-state index is 11.6. The second kappa shape index (κ2) is 3.92. The molecule has 12 heavy (non-hydrogen) atoms. The van der Waals surface area contributed by atoms with Gasteiger partial charge in [0.1, 0.15) is 0 Å². The molecule has 1 N–H and O–H groups in total. The summed E-state index contributed by atoms with van der Waals surface area (Å²) in [6.07, 6.45) is 3.52. The SMILES string of the molecule is CC(C)NC(=O)[C@@H]1CCCC1C. The molecule has 0 radical (unpaired) electrons. The Morgan fingerprint density at radius 3 is 2.50 bits per heavy atom. The van der Waals surface area contributed by atoms with Crippen molar-refractivity contribution in [2.45, 2.75) is 46.1 Å². The molecule has 1 aliphatic carbocycles. The average Bonchev–Trinajstić information content (AvgIpc) is 2.33. The number of carbonyl (C=O) groups excluding carboxylic acids is 1. The highest BCUT2D eigenvalue weighted by molar-refractivity contribution is 5.79. The summed E-state index contributed by atoms with van der Waals surface area (Å²) in [7, 11) is 0. The number of hydrogen-bond acceptors (Lipinski definition) is 1. The van der Waals surface area contributed by atoms with E-state index < -0.39 is 0 Å². The van der Waals surface area contributed by atoms with Crippen LogP contribution in [-0.2, 0) is 4.79 Å². The standard InChI is InChI=1S/C10H19NO/c1-7(2)11-10(12)9-6-4-5-8(9)3/h7-9H,4-6H2,1-3H3,(H,11,12)/t8?,9-/m1/s1. The van der Waals surface area contributed by atoms with Crippen molar-refractivity contribution in [2.24, 2.45) is 11.8 Å². The Balaban J connectivity index is 2.41. The molecule has 2 heteroatoms. The molecule has 0 saturated heterocycles. The lowest BCUT2D eigenvalue weighted by Crippen LogP contribution is -2.36. The molecule has 1 rings (SSSR count). The van der Waals surface area contributed by atoms with Crippen LogP contribution in [0.5, 0.6) is 0 Å². The van der Waals surface area contributed by atoms with Gasteiger partial charge < -0.3 is 5.32 Å². The van der Waals surface area contributed by atoms with E-state index in [2.05, 4.69) is 12.2 Å². The molecule has 0 bridgehead atoms. The molecule has 0 aliphatic heterocycles. The van der Waals surface area contributed by atoms with E-state index in [1.165, 1.54) is 12.8 Å². The molecular weight excluding hydrogens is 150 g/mol. The summed E-state index contributed by atoms with van der Waals surface area (Å²) in [5, 5.41) is 2.98. The predicted molar refractivity (Wildman–Crippen MR) is 49.8 cm³/mol. The molecule has 70 valence electrons. The van der Waals surface area contributed by atoms with Crippen LogP contribution >= 0.6 is 0 Å². The third-order valence-electron chi connectivity index (χ3n) is 2.63. The monoisotopic (exact) mass is 169 g/mol. The Labute approximate surface area is 74.7 Å². The molecular formula is C10H19NO. The maximum absolute atomic E-state index is 11.6. The summed E-state index contributed by atoms with van der Waals surface area (Å²) in [6.45, 7) is 6.20. The molecule has 0 aromatic carbocycles. The molecule has 1 aliphatic rings. The molecule has 0 heterocycles. The number of carbonyl (C=O) groups is 1. The third kappa shape index (κ3) is 2.23. The van der Waals surface area contributed by atoms with Gasteiger partial charge in [-0.3, -0.25) is 4.79 Å². The van der Waals surface area contributed by atoms with E-state index in [9.17, 15) is 4.79 Å². The summed E-state index contributed by atoms with van der Waals surface area (Å²) in [6, 6.07) is 0.283. The molecule has 2 nitrogen and oxygen atoms in total. The lowest BCUT2D eigenvalue weighted by atomic mass is 9.97. The van der Waals surface area contributed by atoms with Gasteiger partial charge in [-0.25, -0.2) is 0 Å². The maximum Gasteiger partial charge on any atom is 0.223 e. The first kappa shape index (κ1) is 9.56. The van der Waals surface area contributed by atoms with E-state index in [1.54, 1.807) is 0 Å². The molecule has 1 fully saturated rings. The summed E-state index contributed by atoms with van der Waals surface area (Å²) in [4.78, 5) is 11.6. The van der Waals surface area contributed by atoms with Crippen LogP contribution in [0, 0.1) is 11.8 Å². The fourth-order valence-electron chi connectivity index (χ4n) is 1.93. The van der Waals surface area contributed by atoms with Crippen LogP contribution in [0.15, 0.2) is 0 Å². The lowest BCUT2D eigenvalue weighted by molar-refractivity contribution is -0.126. The lowest BCUT2D eigenvalue weighted by Gasteiger charge is -2.16. The van der Waals surface area contributed by atoms with E-state index in [0.717, 1.165) is 6.42 Å². The second-order valence-corrected chi connectivity index (χ2v) is 4.18. The first-order valence-electron chi connectivity index (χ1n) is 4.91. The zero-order valence-electron chi connectivity index (χ0n) is 8.26. The summed E-state index contributed by atoms with van der Waals surface area (Å²) < 4.78 is 0. The van der Waals surface area contributed by atoms with Gasteiger partial charge in [0.15, 0.2) is 0 Å². The highest BCUT2D eigenvalue weighted by Crippen LogP contribution is 2.31. The van der Waals surface area contributed by atoms with Crippen molar-refractivity contribution in [3.63, 3.8) is 0 Å². The van der Waals surface area contributed by atoms with E-state index in [4.69, 9.17) is 0 Å². The topological polar surface area (TPSA) is 29.1 Å². The fourth-order valence-corrected chi connectivity index (χ4v) is 1.93. The third-order valence-corrected chi connectivity index (χ3v) is 2.63. The van der Waals surface area contributed by atoms with Crippen molar-refractivity contribution in [3.05, 3.63) is 0 Å². The van der Waals surface area contributed by atoms with Crippen LogP contribution in [0.3, 0.4) is 0 Å². The van der Waals surface area contributed by atoms with Crippen LogP contribution in [0.25, 0.3) is 0 Å². The van der Waals surface area contributed by atoms with Gasteiger partial charge in [0.05, 0.1) is 0 Å². The molecule has 1 saturated carbocycles. The zero-order valence-corrected chi connectivity index (χ0v) is 8.26.